The van der Waals surface area contributed by atoms with E-state index in [-0.39, 0.29) is 11.9 Å². The van der Waals surface area contributed by atoms with Crippen LogP contribution in [-0.2, 0) is 4.79 Å². The number of hydrogen-bond donors (Lipinski definition) is 1. The van der Waals surface area contributed by atoms with Crippen LogP contribution in [0.3, 0.4) is 0 Å². The normalized spacial score (nSPS) is 26.0. The van der Waals surface area contributed by atoms with Crippen LogP contribution in [0.25, 0.3) is 0 Å². The van der Waals surface area contributed by atoms with Gasteiger partial charge in [-0.1, -0.05) is 13.8 Å². The number of carbonyl (C=O) groups is 1. The van der Waals surface area contributed by atoms with Crippen molar-refractivity contribution in [2.24, 2.45) is 5.73 Å². The first-order valence-corrected chi connectivity index (χ1v) is 6.38. The maximum atomic E-state index is 11.2. The van der Waals surface area contributed by atoms with Crippen molar-refractivity contribution in [3.63, 3.8) is 0 Å². The molecular formula is C10H20N2OS. The molecule has 1 saturated heterocycles. The lowest BCUT2D eigenvalue weighted by molar-refractivity contribution is -0.123. The predicted molar refractivity (Wildman–Crippen MR) is 61.4 cm³/mol. The van der Waals surface area contributed by atoms with Crippen molar-refractivity contribution in [3.8, 4) is 0 Å². The largest absolute Gasteiger partial charge is 0.368 e. The molecule has 2 N–H and O–H groups in total. The molecule has 0 spiro atoms. The van der Waals surface area contributed by atoms with Crippen LogP contribution in [0.4, 0.5) is 0 Å². The van der Waals surface area contributed by atoms with Crippen LogP contribution in [0.2, 0.25) is 0 Å². The summed E-state index contributed by atoms with van der Waals surface area (Å²) in [6, 6.07) is -0.0510. The minimum Gasteiger partial charge on any atom is -0.368 e. The van der Waals surface area contributed by atoms with E-state index in [4.69, 9.17) is 5.73 Å². The van der Waals surface area contributed by atoms with Crippen molar-refractivity contribution in [1.82, 2.24) is 4.90 Å². The molecule has 4 heteroatoms. The summed E-state index contributed by atoms with van der Waals surface area (Å²) >= 11 is 2.01. The first kappa shape index (κ1) is 11.9. The first-order chi connectivity index (χ1) is 6.69. The summed E-state index contributed by atoms with van der Waals surface area (Å²) in [5.41, 5.74) is 5.38. The van der Waals surface area contributed by atoms with Gasteiger partial charge in [-0.2, -0.15) is 11.8 Å². The highest BCUT2D eigenvalue weighted by molar-refractivity contribution is 8.00. The summed E-state index contributed by atoms with van der Waals surface area (Å²) in [5.74, 6) is 0.955. The molecule has 0 aromatic carbocycles. The number of carbonyl (C=O) groups excluding carboxylic acids is 1. The van der Waals surface area contributed by atoms with E-state index in [1.165, 1.54) is 6.42 Å². The fourth-order valence-corrected chi connectivity index (χ4v) is 3.12. The maximum Gasteiger partial charge on any atom is 0.234 e. The fourth-order valence-electron chi connectivity index (χ4n) is 1.91. The van der Waals surface area contributed by atoms with Crippen LogP contribution in [0.15, 0.2) is 0 Å². The number of hydrogen-bond acceptors (Lipinski definition) is 3. The summed E-state index contributed by atoms with van der Waals surface area (Å²) in [7, 11) is 0. The van der Waals surface area contributed by atoms with Crippen LogP contribution in [0.1, 0.15) is 26.7 Å². The zero-order chi connectivity index (χ0) is 10.6. The van der Waals surface area contributed by atoms with E-state index in [1.54, 1.807) is 0 Å². The Morgan fingerprint density at radius 1 is 1.64 bits per heavy atom. The summed E-state index contributed by atoms with van der Waals surface area (Å²) < 4.78 is 0. The summed E-state index contributed by atoms with van der Waals surface area (Å²) in [6.07, 6.45) is 2.01. The van der Waals surface area contributed by atoms with Gasteiger partial charge in [0.05, 0.1) is 6.04 Å². The van der Waals surface area contributed by atoms with E-state index < -0.39 is 0 Å². The second-order valence-corrected chi connectivity index (χ2v) is 5.13. The van der Waals surface area contributed by atoms with Gasteiger partial charge in [-0.15, -0.1) is 0 Å². The van der Waals surface area contributed by atoms with Gasteiger partial charge in [0.25, 0.3) is 0 Å². The van der Waals surface area contributed by atoms with E-state index in [2.05, 4.69) is 11.8 Å². The third kappa shape index (κ3) is 2.89. The summed E-state index contributed by atoms with van der Waals surface area (Å²) in [4.78, 5) is 13.4. The quantitative estimate of drug-likeness (QED) is 0.765. The number of amides is 1. The Hall–Kier alpha value is -0.220. The number of nitrogens with zero attached hydrogens (tertiary/aromatic N) is 1. The molecule has 0 radical (unpaired) electrons. The Balaban J connectivity index is 2.53. The Bertz CT molecular complexity index is 199. The van der Waals surface area contributed by atoms with Gasteiger partial charge >= 0.3 is 0 Å². The van der Waals surface area contributed by atoms with Gasteiger partial charge in [0.15, 0.2) is 0 Å². The monoisotopic (exact) mass is 216 g/mol. The second kappa shape index (κ2) is 5.61. The van der Waals surface area contributed by atoms with E-state index in [1.807, 2.05) is 18.7 Å². The Labute approximate surface area is 90.4 Å². The van der Waals surface area contributed by atoms with Crippen LogP contribution in [-0.4, -0.2) is 40.9 Å². The van der Waals surface area contributed by atoms with Gasteiger partial charge < -0.3 is 5.73 Å². The molecule has 0 saturated carbocycles. The molecule has 0 aliphatic carbocycles. The predicted octanol–water partition coefficient (Wildman–Crippen LogP) is 1.08. The lowest BCUT2D eigenvalue weighted by Crippen LogP contribution is -2.49. The zero-order valence-corrected chi connectivity index (χ0v) is 9.85. The SMILES string of the molecule is CCC1CN(C(CC)C(N)=O)CCS1. The Kier molecular flexibility index (Phi) is 4.75. The molecule has 14 heavy (non-hydrogen) atoms. The van der Waals surface area contributed by atoms with Crippen LogP contribution in [0, 0.1) is 0 Å². The third-order valence-electron chi connectivity index (χ3n) is 2.78. The number of rotatable bonds is 4. The van der Waals surface area contributed by atoms with Gasteiger partial charge in [0.1, 0.15) is 0 Å². The average molecular weight is 216 g/mol. The molecule has 1 rings (SSSR count). The molecule has 3 nitrogen and oxygen atoms in total. The van der Waals surface area contributed by atoms with E-state index in [0.717, 1.165) is 25.3 Å². The number of primary amides is 1. The maximum absolute atomic E-state index is 11.2. The molecule has 2 atom stereocenters. The molecule has 1 fully saturated rings. The highest BCUT2D eigenvalue weighted by atomic mass is 32.2. The molecule has 1 aliphatic rings. The van der Waals surface area contributed by atoms with Crippen molar-refractivity contribution in [2.75, 3.05) is 18.8 Å². The van der Waals surface area contributed by atoms with Crippen LogP contribution >= 0.6 is 11.8 Å². The molecule has 0 aromatic rings. The number of thioether (sulfide) groups is 1. The minimum absolute atomic E-state index is 0.0510. The number of nitrogens with two attached hydrogens (primary N) is 1. The van der Waals surface area contributed by atoms with Crippen molar-refractivity contribution < 1.29 is 4.79 Å². The Morgan fingerprint density at radius 2 is 2.36 bits per heavy atom. The van der Waals surface area contributed by atoms with Crippen molar-refractivity contribution in [1.29, 1.82) is 0 Å². The second-order valence-electron chi connectivity index (χ2n) is 3.72. The van der Waals surface area contributed by atoms with Crippen molar-refractivity contribution >= 4 is 17.7 Å². The summed E-state index contributed by atoms with van der Waals surface area (Å²) in [5, 5.41) is 0.678. The smallest absolute Gasteiger partial charge is 0.234 e. The summed E-state index contributed by atoms with van der Waals surface area (Å²) in [6.45, 7) is 6.25. The lowest BCUT2D eigenvalue weighted by Gasteiger charge is -2.35. The highest BCUT2D eigenvalue weighted by Gasteiger charge is 2.27. The van der Waals surface area contributed by atoms with Crippen molar-refractivity contribution in [3.05, 3.63) is 0 Å². The molecule has 1 aliphatic heterocycles. The first-order valence-electron chi connectivity index (χ1n) is 5.34. The van der Waals surface area contributed by atoms with Gasteiger partial charge in [-0.3, -0.25) is 9.69 Å². The van der Waals surface area contributed by atoms with Crippen molar-refractivity contribution in [2.45, 2.75) is 38.0 Å². The van der Waals surface area contributed by atoms with E-state index in [0.29, 0.717) is 5.25 Å². The fraction of sp³-hybridized carbons (Fsp3) is 0.900. The molecule has 1 amide bonds. The van der Waals surface area contributed by atoms with Gasteiger partial charge in [0, 0.05) is 24.1 Å². The molecule has 0 aromatic heterocycles. The molecule has 82 valence electrons. The van der Waals surface area contributed by atoms with Gasteiger partial charge in [-0.05, 0) is 12.8 Å². The molecule has 2 unspecified atom stereocenters. The average Bonchev–Trinajstić information content (AvgIpc) is 2.19. The standard InChI is InChI=1S/C10H20N2OS/c1-3-8-7-12(5-6-14-8)9(4-2)10(11)13/h8-9H,3-7H2,1-2H3,(H2,11,13). The Morgan fingerprint density at radius 3 is 2.86 bits per heavy atom. The van der Waals surface area contributed by atoms with E-state index in [9.17, 15) is 4.79 Å². The molecule has 1 heterocycles. The molecule has 0 bridgehead atoms. The highest BCUT2D eigenvalue weighted by Crippen LogP contribution is 2.23. The zero-order valence-electron chi connectivity index (χ0n) is 9.03. The van der Waals surface area contributed by atoms with Gasteiger partial charge in [0.2, 0.25) is 5.91 Å². The third-order valence-corrected chi connectivity index (χ3v) is 4.15. The minimum atomic E-state index is -0.172. The van der Waals surface area contributed by atoms with Crippen LogP contribution in [0.5, 0.6) is 0 Å². The molecular weight excluding hydrogens is 196 g/mol. The van der Waals surface area contributed by atoms with Gasteiger partial charge in [-0.25, -0.2) is 0 Å². The van der Waals surface area contributed by atoms with E-state index >= 15 is 0 Å². The lowest BCUT2D eigenvalue weighted by atomic mass is 10.1. The topological polar surface area (TPSA) is 46.3 Å². The van der Waals surface area contributed by atoms with Crippen LogP contribution < -0.4 is 5.73 Å².